The van der Waals surface area contributed by atoms with E-state index in [1.807, 2.05) is 30.3 Å². The molecule has 1 aromatic carbocycles. The predicted molar refractivity (Wildman–Crippen MR) is 111 cm³/mol. The summed E-state index contributed by atoms with van der Waals surface area (Å²) < 4.78 is 0.986. The average molecular weight is 435 g/mol. The smallest absolute Gasteiger partial charge is 0.234 e. The first-order valence-electron chi connectivity index (χ1n) is 8.75. The number of benzene rings is 1. The number of aromatic nitrogens is 2. The Labute approximate surface area is 167 Å². The van der Waals surface area contributed by atoms with E-state index in [2.05, 4.69) is 50.0 Å². The second-order valence-corrected chi connectivity index (χ2v) is 8.82. The van der Waals surface area contributed by atoms with Gasteiger partial charge in [-0.15, -0.1) is 0 Å². The van der Waals surface area contributed by atoms with Gasteiger partial charge in [-0.05, 0) is 42.5 Å². The molecule has 26 heavy (non-hydrogen) atoms. The summed E-state index contributed by atoms with van der Waals surface area (Å²) in [6.45, 7) is 6.61. The van der Waals surface area contributed by atoms with Crippen LogP contribution in [-0.4, -0.2) is 34.7 Å². The maximum absolute atomic E-state index is 12.1. The van der Waals surface area contributed by atoms with Gasteiger partial charge in [0.05, 0.1) is 5.75 Å². The molecule has 138 valence electrons. The molecule has 2 heterocycles. The molecule has 2 atom stereocenters. The summed E-state index contributed by atoms with van der Waals surface area (Å²) in [6.07, 6.45) is 2.85. The van der Waals surface area contributed by atoms with Crippen LogP contribution in [0, 0.1) is 11.8 Å². The highest BCUT2D eigenvalue weighted by Gasteiger charge is 2.23. The normalized spacial score (nSPS) is 20.0. The Morgan fingerprint density at radius 2 is 1.92 bits per heavy atom. The first-order valence-corrected chi connectivity index (χ1v) is 10.5. The Morgan fingerprint density at radius 3 is 2.62 bits per heavy atom. The number of carbonyl (C=O) groups is 1. The Kier molecular flexibility index (Phi) is 6.53. The van der Waals surface area contributed by atoms with Crippen LogP contribution in [-0.2, 0) is 4.79 Å². The molecule has 0 saturated carbocycles. The topological polar surface area (TPSA) is 58.1 Å². The number of carbonyl (C=O) groups excluding carboxylic acids is 1. The molecule has 0 radical (unpaired) electrons. The van der Waals surface area contributed by atoms with Crippen LogP contribution in [0.1, 0.15) is 20.3 Å². The fraction of sp³-hybridized carbons (Fsp3) is 0.421. The van der Waals surface area contributed by atoms with Crippen LogP contribution in [0.2, 0.25) is 0 Å². The monoisotopic (exact) mass is 434 g/mol. The molecule has 7 heteroatoms. The Morgan fingerprint density at radius 1 is 1.23 bits per heavy atom. The van der Waals surface area contributed by atoms with Crippen LogP contribution < -0.4 is 10.2 Å². The second kappa shape index (κ2) is 8.86. The van der Waals surface area contributed by atoms with Crippen molar-refractivity contribution < 1.29 is 4.79 Å². The van der Waals surface area contributed by atoms with Crippen LogP contribution in [0.5, 0.6) is 0 Å². The van der Waals surface area contributed by atoms with E-state index >= 15 is 0 Å². The van der Waals surface area contributed by atoms with E-state index in [1.54, 1.807) is 6.33 Å². The number of nitrogens with zero attached hydrogens (tertiary/aromatic N) is 3. The first-order chi connectivity index (χ1) is 12.5. The van der Waals surface area contributed by atoms with Gasteiger partial charge in [-0.2, -0.15) is 0 Å². The SMILES string of the molecule is C[C@@H]1C[C@H](C)CN(c2cc(SCC(=O)Nc3ccc(Br)cc3)ncn2)C1. The van der Waals surface area contributed by atoms with Crippen molar-refractivity contribution in [1.82, 2.24) is 9.97 Å². The van der Waals surface area contributed by atoms with Gasteiger partial charge < -0.3 is 10.2 Å². The van der Waals surface area contributed by atoms with E-state index in [-0.39, 0.29) is 5.91 Å². The van der Waals surface area contributed by atoms with E-state index < -0.39 is 0 Å². The lowest BCUT2D eigenvalue weighted by Crippen LogP contribution is -2.39. The third kappa shape index (κ3) is 5.45. The molecule has 1 amide bonds. The predicted octanol–water partition coefficient (Wildman–Crippen LogP) is 4.45. The third-order valence-electron chi connectivity index (χ3n) is 4.30. The molecule has 0 unspecified atom stereocenters. The molecule has 1 fully saturated rings. The van der Waals surface area contributed by atoms with Gasteiger partial charge in [-0.3, -0.25) is 4.79 Å². The number of hydrogen-bond acceptors (Lipinski definition) is 5. The van der Waals surface area contributed by atoms with Crippen LogP contribution in [0.3, 0.4) is 0 Å². The number of rotatable bonds is 5. The summed E-state index contributed by atoms with van der Waals surface area (Å²) in [6, 6.07) is 9.53. The second-order valence-electron chi connectivity index (χ2n) is 6.91. The van der Waals surface area contributed by atoms with Gasteiger partial charge in [0.1, 0.15) is 17.2 Å². The molecular formula is C19H23BrN4OS. The molecule has 0 spiro atoms. The molecule has 1 aliphatic heterocycles. The fourth-order valence-corrected chi connectivity index (χ4v) is 4.23. The third-order valence-corrected chi connectivity index (χ3v) is 5.75. The van der Waals surface area contributed by atoms with Crippen molar-refractivity contribution in [2.75, 3.05) is 29.1 Å². The first kappa shape index (κ1) is 19.2. The van der Waals surface area contributed by atoms with E-state index in [9.17, 15) is 4.79 Å². The zero-order valence-electron chi connectivity index (χ0n) is 15.0. The summed E-state index contributed by atoms with van der Waals surface area (Å²) >= 11 is 4.82. The molecular weight excluding hydrogens is 412 g/mol. The lowest BCUT2D eigenvalue weighted by atomic mass is 9.92. The molecule has 3 rings (SSSR count). The molecule has 1 N–H and O–H groups in total. The Balaban J connectivity index is 1.56. The summed E-state index contributed by atoms with van der Waals surface area (Å²) in [5, 5.41) is 3.72. The molecule has 1 saturated heterocycles. The minimum Gasteiger partial charge on any atom is -0.356 e. The molecule has 5 nitrogen and oxygen atoms in total. The van der Waals surface area contributed by atoms with E-state index in [0.29, 0.717) is 17.6 Å². The van der Waals surface area contributed by atoms with Gasteiger partial charge in [0.15, 0.2) is 0 Å². The molecule has 0 bridgehead atoms. The number of anilines is 2. The van der Waals surface area contributed by atoms with Crippen LogP contribution in [0.15, 0.2) is 46.2 Å². The van der Waals surface area contributed by atoms with Crippen molar-refractivity contribution >= 4 is 45.1 Å². The van der Waals surface area contributed by atoms with Crippen molar-refractivity contribution in [2.24, 2.45) is 11.8 Å². The zero-order chi connectivity index (χ0) is 18.5. The number of amides is 1. The van der Waals surface area contributed by atoms with Gasteiger partial charge in [0, 0.05) is 29.3 Å². The van der Waals surface area contributed by atoms with Crippen LogP contribution in [0.25, 0.3) is 0 Å². The minimum atomic E-state index is -0.0438. The maximum Gasteiger partial charge on any atom is 0.234 e. The lowest BCUT2D eigenvalue weighted by molar-refractivity contribution is -0.113. The summed E-state index contributed by atoms with van der Waals surface area (Å²) in [7, 11) is 0. The van der Waals surface area contributed by atoms with Crippen molar-refractivity contribution in [3.8, 4) is 0 Å². The molecule has 1 aliphatic rings. The number of nitrogens with one attached hydrogen (secondary N) is 1. The summed E-state index contributed by atoms with van der Waals surface area (Å²) in [5.74, 6) is 2.56. The molecule has 2 aromatic rings. The van der Waals surface area contributed by atoms with Crippen molar-refractivity contribution in [3.63, 3.8) is 0 Å². The van der Waals surface area contributed by atoms with Gasteiger partial charge in [-0.1, -0.05) is 41.5 Å². The molecule has 1 aromatic heterocycles. The van der Waals surface area contributed by atoms with Crippen molar-refractivity contribution in [1.29, 1.82) is 0 Å². The number of thioether (sulfide) groups is 1. The number of hydrogen-bond donors (Lipinski definition) is 1. The van der Waals surface area contributed by atoms with Gasteiger partial charge in [0.2, 0.25) is 5.91 Å². The Hall–Kier alpha value is -1.60. The highest BCUT2D eigenvalue weighted by Crippen LogP contribution is 2.27. The standard InChI is InChI=1S/C19H23BrN4OS/c1-13-7-14(2)10-24(9-13)17-8-19(22-12-21-17)26-11-18(25)23-16-5-3-15(20)4-6-16/h3-6,8,12-14H,7,9-11H2,1-2H3,(H,23,25)/t13-,14+. The van der Waals surface area contributed by atoms with Crippen molar-refractivity contribution in [2.45, 2.75) is 25.3 Å². The van der Waals surface area contributed by atoms with Crippen molar-refractivity contribution in [3.05, 3.63) is 41.1 Å². The largest absolute Gasteiger partial charge is 0.356 e. The maximum atomic E-state index is 12.1. The lowest BCUT2D eigenvalue weighted by Gasteiger charge is -2.35. The fourth-order valence-electron chi connectivity index (χ4n) is 3.30. The van der Waals surface area contributed by atoms with E-state index in [4.69, 9.17) is 0 Å². The van der Waals surface area contributed by atoms with Crippen LogP contribution >= 0.6 is 27.7 Å². The van der Waals surface area contributed by atoms with E-state index in [0.717, 1.165) is 34.1 Å². The van der Waals surface area contributed by atoms with Gasteiger partial charge >= 0.3 is 0 Å². The Bertz CT molecular complexity index is 745. The van der Waals surface area contributed by atoms with Gasteiger partial charge in [-0.25, -0.2) is 9.97 Å². The number of piperidine rings is 1. The minimum absolute atomic E-state index is 0.0438. The summed E-state index contributed by atoms with van der Waals surface area (Å²) in [5.41, 5.74) is 0.790. The number of halogens is 1. The highest BCUT2D eigenvalue weighted by molar-refractivity contribution is 9.10. The van der Waals surface area contributed by atoms with Crippen LogP contribution in [0.4, 0.5) is 11.5 Å². The average Bonchev–Trinajstić information content (AvgIpc) is 2.61. The quantitative estimate of drug-likeness (QED) is 0.556. The zero-order valence-corrected chi connectivity index (χ0v) is 17.4. The van der Waals surface area contributed by atoms with Gasteiger partial charge in [0.25, 0.3) is 0 Å². The highest BCUT2D eigenvalue weighted by atomic mass is 79.9. The van der Waals surface area contributed by atoms with E-state index in [1.165, 1.54) is 18.2 Å². The molecule has 0 aliphatic carbocycles. The summed E-state index contributed by atoms with van der Waals surface area (Å²) in [4.78, 5) is 23.2.